The Labute approximate surface area is 86.4 Å². The number of nitrogens with one attached hydrogen (secondary N) is 2. The molecule has 0 spiro atoms. The molecule has 0 bridgehead atoms. The number of hydrogen-bond donors (Lipinski definition) is 2. The van der Waals surface area contributed by atoms with E-state index in [-0.39, 0.29) is 11.9 Å². The molecule has 14 heavy (non-hydrogen) atoms. The SMILES string of the molecule is CCNC(C)CC(=O)NCCCOC. The molecule has 1 unspecified atom stereocenters. The van der Waals surface area contributed by atoms with Crippen LogP contribution in [0.4, 0.5) is 0 Å². The third kappa shape index (κ3) is 8.01. The molecule has 0 radical (unpaired) electrons. The Hall–Kier alpha value is -0.610. The Balaban J connectivity index is 3.35. The summed E-state index contributed by atoms with van der Waals surface area (Å²) in [6, 6.07) is 0.252. The van der Waals surface area contributed by atoms with Crippen LogP contribution >= 0.6 is 0 Å². The number of hydrogen-bond acceptors (Lipinski definition) is 3. The van der Waals surface area contributed by atoms with E-state index >= 15 is 0 Å². The van der Waals surface area contributed by atoms with Crippen molar-refractivity contribution in [2.24, 2.45) is 0 Å². The average Bonchev–Trinajstić information content (AvgIpc) is 2.13. The van der Waals surface area contributed by atoms with Gasteiger partial charge < -0.3 is 15.4 Å². The number of carbonyl (C=O) groups excluding carboxylic acids is 1. The lowest BCUT2D eigenvalue weighted by atomic mass is 10.2. The van der Waals surface area contributed by atoms with Gasteiger partial charge in [-0.25, -0.2) is 0 Å². The van der Waals surface area contributed by atoms with Crippen molar-refractivity contribution in [3.63, 3.8) is 0 Å². The summed E-state index contributed by atoms with van der Waals surface area (Å²) in [5.74, 6) is 0.106. The number of methoxy groups -OCH3 is 1. The maximum atomic E-state index is 11.3. The second-order valence-electron chi connectivity index (χ2n) is 3.36. The summed E-state index contributed by atoms with van der Waals surface area (Å²) in [6.45, 7) is 6.35. The van der Waals surface area contributed by atoms with Gasteiger partial charge in [-0.3, -0.25) is 4.79 Å². The van der Waals surface area contributed by atoms with E-state index in [1.165, 1.54) is 0 Å². The first-order chi connectivity index (χ1) is 6.70. The van der Waals surface area contributed by atoms with Gasteiger partial charge in [-0.05, 0) is 19.9 Å². The van der Waals surface area contributed by atoms with Crippen molar-refractivity contribution in [1.29, 1.82) is 0 Å². The molecule has 0 fully saturated rings. The quantitative estimate of drug-likeness (QED) is 0.564. The van der Waals surface area contributed by atoms with Crippen molar-refractivity contribution >= 4 is 5.91 Å². The van der Waals surface area contributed by atoms with Crippen LogP contribution in [0.25, 0.3) is 0 Å². The van der Waals surface area contributed by atoms with Gasteiger partial charge in [0.1, 0.15) is 0 Å². The Morgan fingerprint density at radius 1 is 1.50 bits per heavy atom. The zero-order valence-electron chi connectivity index (χ0n) is 9.43. The Morgan fingerprint density at radius 2 is 2.21 bits per heavy atom. The minimum atomic E-state index is 0.106. The molecule has 0 aliphatic rings. The van der Waals surface area contributed by atoms with Crippen LogP contribution in [0.15, 0.2) is 0 Å². The molecule has 4 nitrogen and oxygen atoms in total. The van der Waals surface area contributed by atoms with Crippen molar-refractivity contribution in [1.82, 2.24) is 10.6 Å². The lowest BCUT2D eigenvalue weighted by molar-refractivity contribution is -0.121. The van der Waals surface area contributed by atoms with Crippen molar-refractivity contribution in [2.45, 2.75) is 32.7 Å². The van der Waals surface area contributed by atoms with E-state index in [1.807, 2.05) is 13.8 Å². The largest absolute Gasteiger partial charge is 0.385 e. The van der Waals surface area contributed by atoms with Gasteiger partial charge in [-0.1, -0.05) is 6.92 Å². The lowest BCUT2D eigenvalue weighted by Gasteiger charge is -2.11. The van der Waals surface area contributed by atoms with Crippen LogP contribution in [0.5, 0.6) is 0 Å². The molecule has 0 rings (SSSR count). The van der Waals surface area contributed by atoms with Crippen LogP contribution in [-0.4, -0.2) is 38.8 Å². The summed E-state index contributed by atoms with van der Waals surface area (Å²) < 4.78 is 4.88. The van der Waals surface area contributed by atoms with Crippen LogP contribution in [-0.2, 0) is 9.53 Å². The zero-order chi connectivity index (χ0) is 10.8. The van der Waals surface area contributed by atoms with E-state index < -0.39 is 0 Å². The summed E-state index contributed by atoms with van der Waals surface area (Å²) in [7, 11) is 1.66. The molecule has 1 amide bonds. The standard InChI is InChI=1S/C10H22N2O2/c1-4-11-9(2)8-10(13)12-6-5-7-14-3/h9,11H,4-8H2,1-3H3,(H,12,13). The van der Waals surface area contributed by atoms with E-state index in [2.05, 4.69) is 10.6 Å². The molecule has 0 aliphatic heterocycles. The molecular formula is C10H22N2O2. The number of amides is 1. The van der Waals surface area contributed by atoms with E-state index in [0.717, 1.165) is 13.0 Å². The molecule has 2 N–H and O–H groups in total. The van der Waals surface area contributed by atoms with Crippen LogP contribution in [0.3, 0.4) is 0 Å². The average molecular weight is 202 g/mol. The molecule has 0 aliphatic carbocycles. The van der Waals surface area contributed by atoms with E-state index in [1.54, 1.807) is 7.11 Å². The first-order valence-electron chi connectivity index (χ1n) is 5.19. The van der Waals surface area contributed by atoms with Crippen LogP contribution in [0, 0.1) is 0 Å². The topological polar surface area (TPSA) is 50.4 Å². The molecule has 4 heteroatoms. The fourth-order valence-electron chi connectivity index (χ4n) is 1.22. The first kappa shape index (κ1) is 13.4. The van der Waals surface area contributed by atoms with Gasteiger partial charge in [0.15, 0.2) is 0 Å². The van der Waals surface area contributed by atoms with E-state index in [4.69, 9.17) is 4.74 Å². The van der Waals surface area contributed by atoms with Crippen LogP contribution in [0.2, 0.25) is 0 Å². The lowest BCUT2D eigenvalue weighted by Crippen LogP contribution is -2.34. The summed E-state index contributed by atoms with van der Waals surface area (Å²) in [6.07, 6.45) is 1.42. The highest BCUT2D eigenvalue weighted by atomic mass is 16.5. The van der Waals surface area contributed by atoms with Crippen molar-refractivity contribution in [3.8, 4) is 0 Å². The van der Waals surface area contributed by atoms with Gasteiger partial charge in [0.2, 0.25) is 5.91 Å². The second-order valence-corrected chi connectivity index (χ2v) is 3.36. The summed E-state index contributed by atoms with van der Waals surface area (Å²) in [5.41, 5.74) is 0. The van der Waals surface area contributed by atoms with Gasteiger partial charge >= 0.3 is 0 Å². The highest BCUT2D eigenvalue weighted by Gasteiger charge is 2.06. The Morgan fingerprint density at radius 3 is 2.79 bits per heavy atom. The smallest absolute Gasteiger partial charge is 0.221 e. The van der Waals surface area contributed by atoms with Gasteiger partial charge in [-0.15, -0.1) is 0 Å². The Bertz CT molecular complexity index is 151. The minimum Gasteiger partial charge on any atom is -0.385 e. The zero-order valence-corrected chi connectivity index (χ0v) is 9.43. The number of ether oxygens (including phenoxy) is 1. The predicted molar refractivity (Wildman–Crippen MR) is 57.3 cm³/mol. The molecule has 0 aromatic carbocycles. The van der Waals surface area contributed by atoms with E-state index in [9.17, 15) is 4.79 Å². The molecule has 0 aromatic rings. The molecule has 0 aromatic heterocycles. The van der Waals surface area contributed by atoms with Crippen molar-refractivity contribution in [3.05, 3.63) is 0 Å². The maximum Gasteiger partial charge on any atom is 0.221 e. The van der Waals surface area contributed by atoms with Crippen molar-refractivity contribution < 1.29 is 9.53 Å². The first-order valence-corrected chi connectivity index (χ1v) is 5.19. The summed E-state index contributed by atoms with van der Waals surface area (Å²) in [4.78, 5) is 11.3. The minimum absolute atomic E-state index is 0.106. The molecule has 1 atom stereocenters. The third-order valence-electron chi connectivity index (χ3n) is 1.89. The van der Waals surface area contributed by atoms with Gasteiger partial charge in [0, 0.05) is 32.7 Å². The molecule has 0 heterocycles. The maximum absolute atomic E-state index is 11.3. The van der Waals surface area contributed by atoms with Gasteiger partial charge in [0.05, 0.1) is 0 Å². The monoisotopic (exact) mass is 202 g/mol. The molecular weight excluding hydrogens is 180 g/mol. The highest BCUT2D eigenvalue weighted by Crippen LogP contribution is 1.90. The third-order valence-corrected chi connectivity index (χ3v) is 1.89. The van der Waals surface area contributed by atoms with Crippen LogP contribution < -0.4 is 10.6 Å². The highest BCUT2D eigenvalue weighted by molar-refractivity contribution is 5.76. The summed E-state index contributed by atoms with van der Waals surface area (Å²) >= 11 is 0. The predicted octanol–water partition coefficient (Wildman–Crippen LogP) is 0.527. The fraction of sp³-hybridized carbons (Fsp3) is 0.900. The van der Waals surface area contributed by atoms with Crippen LogP contribution in [0.1, 0.15) is 26.7 Å². The molecule has 0 saturated heterocycles. The number of rotatable bonds is 8. The Kier molecular flexibility index (Phi) is 8.57. The summed E-state index contributed by atoms with van der Waals surface area (Å²) in [5, 5.41) is 6.04. The van der Waals surface area contributed by atoms with Gasteiger partial charge in [0.25, 0.3) is 0 Å². The second kappa shape index (κ2) is 8.97. The van der Waals surface area contributed by atoms with E-state index in [0.29, 0.717) is 19.6 Å². The number of carbonyl (C=O) groups is 1. The molecule has 0 saturated carbocycles. The van der Waals surface area contributed by atoms with Crippen molar-refractivity contribution in [2.75, 3.05) is 26.8 Å². The normalized spacial score (nSPS) is 12.5. The fourth-order valence-corrected chi connectivity index (χ4v) is 1.22. The van der Waals surface area contributed by atoms with Gasteiger partial charge in [-0.2, -0.15) is 0 Å². The molecule has 84 valence electrons.